The van der Waals surface area contributed by atoms with Crippen LogP contribution in [-0.2, 0) is 4.74 Å². The van der Waals surface area contributed by atoms with E-state index < -0.39 is 24.2 Å². The molecule has 9 heteroatoms. The number of benzene rings is 1. The van der Waals surface area contributed by atoms with Crippen LogP contribution in [0.4, 0.5) is 18.0 Å². The Kier molecular flexibility index (Phi) is 7.00. The van der Waals surface area contributed by atoms with Gasteiger partial charge in [-0.2, -0.15) is 13.2 Å². The van der Waals surface area contributed by atoms with E-state index in [9.17, 15) is 22.8 Å². The van der Waals surface area contributed by atoms with Gasteiger partial charge in [0.05, 0.1) is 0 Å². The van der Waals surface area contributed by atoms with E-state index in [1.165, 1.54) is 0 Å². The first-order valence-corrected chi connectivity index (χ1v) is 11.1. The van der Waals surface area contributed by atoms with Gasteiger partial charge in [-0.05, 0) is 57.9 Å². The number of rotatable bonds is 4. The van der Waals surface area contributed by atoms with Crippen LogP contribution in [0.15, 0.2) is 12.1 Å². The van der Waals surface area contributed by atoms with Crippen LogP contribution >= 0.6 is 0 Å². The first-order valence-electron chi connectivity index (χ1n) is 11.1. The van der Waals surface area contributed by atoms with Gasteiger partial charge >= 0.3 is 12.3 Å². The van der Waals surface area contributed by atoms with Crippen LogP contribution < -0.4 is 15.8 Å². The number of ether oxygens (including phenoxy) is 1. The summed E-state index contributed by atoms with van der Waals surface area (Å²) >= 11 is 0. The van der Waals surface area contributed by atoms with Crippen LogP contribution in [0.5, 0.6) is 0 Å². The highest BCUT2D eigenvalue weighted by Crippen LogP contribution is 2.22. The highest BCUT2D eigenvalue weighted by atomic mass is 19.4. The lowest BCUT2D eigenvalue weighted by Gasteiger charge is -2.42. The highest BCUT2D eigenvalue weighted by Gasteiger charge is 2.35. The van der Waals surface area contributed by atoms with E-state index in [-0.39, 0.29) is 23.6 Å². The molecule has 1 aromatic carbocycles. The summed E-state index contributed by atoms with van der Waals surface area (Å²) in [5.74, 6) is -0.451. The van der Waals surface area contributed by atoms with Crippen molar-refractivity contribution in [3.8, 4) is 0 Å². The molecule has 2 heterocycles. The normalized spacial score (nSPS) is 19.0. The van der Waals surface area contributed by atoms with Gasteiger partial charge in [0.15, 0.2) is 0 Å². The summed E-state index contributed by atoms with van der Waals surface area (Å²) in [6.45, 7) is 9.97. The Labute approximate surface area is 192 Å². The van der Waals surface area contributed by atoms with Crippen molar-refractivity contribution in [3.63, 3.8) is 0 Å². The standard InChI is InChI=1S/C24H32F3N3O3/c1-15-6-7-18-8-9-19(21(31)28-14-24(25,26)27)16(2)20(18)13-29(15)10-17-11-30(12-17)22(32)33-23(3,4)5/h7-9,13,15,17H,6,10-12,14H2,1-5H3,(H,28,31). The van der Waals surface area contributed by atoms with Crippen molar-refractivity contribution < 1.29 is 27.5 Å². The predicted molar refractivity (Wildman–Crippen MR) is 120 cm³/mol. The molecule has 1 fully saturated rings. The second-order valence-corrected chi connectivity index (χ2v) is 9.90. The Hall–Kier alpha value is -2.71. The number of halogens is 3. The minimum atomic E-state index is -4.46. The van der Waals surface area contributed by atoms with E-state index in [1.54, 1.807) is 24.0 Å². The number of carbonyl (C=O) groups excluding carboxylic acids is 2. The Morgan fingerprint density at radius 3 is 2.45 bits per heavy atom. The number of likely N-dealkylation sites (tertiary alicyclic amines) is 1. The van der Waals surface area contributed by atoms with Crippen molar-refractivity contribution in [2.24, 2.45) is 5.92 Å². The van der Waals surface area contributed by atoms with Crippen molar-refractivity contribution in [2.75, 3.05) is 26.2 Å². The molecule has 1 atom stereocenters. The fraction of sp³-hybridized carbons (Fsp3) is 0.583. The number of nitrogens with one attached hydrogen (secondary N) is 1. The summed E-state index contributed by atoms with van der Waals surface area (Å²) in [4.78, 5) is 28.4. The second-order valence-electron chi connectivity index (χ2n) is 9.90. The monoisotopic (exact) mass is 467 g/mol. The molecule has 1 saturated heterocycles. The topological polar surface area (TPSA) is 61.9 Å². The molecule has 1 N–H and O–H groups in total. The minimum absolute atomic E-state index is 0.204. The molecule has 1 aromatic rings. The third-order valence-corrected chi connectivity index (χ3v) is 5.86. The smallest absolute Gasteiger partial charge is 0.410 e. The van der Waals surface area contributed by atoms with E-state index in [4.69, 9.17) is 4.74 Å². The Morgan fingerprint density at radius 2 is 1.85 bits per heavy atom. The van der Waals surface area contributed by atoms with Crippen LogP contribution in [0.3, 0.4) is 0 Å². The molecule has 33 heavy (non-hydrogen) atoms. The number of hydrogen-bond donors (Lipinski definition) is 1. The van der Waals surface area contributed by atoms with E-state index in [2.05, 4.69) is 17.9 Å². The Balaban J connectivity index is 1.74. The van der Waals surface area contributed by atoms with E-state index in [0.29, 0.717) is 18.7 Å². The van der Waals surface area contributed by atoms with E-state index in [0.717, 1.165) is 23.4 Å². The van der Waals surface area contributed by atoms with Crippen LogP contribution in [0.1, 0.15) is 50.0 Å². The van der Waals surface area contributed by atoms with Crippen molar-refractivity contribution >= 4 is 24.3 Å². The molecule has 0 bridgehead atoms. The second kappa shape index (κ2) is 9.27. The summed E-state index contributed by atoms with van der Waals surface area (Å²) in [6, 6.07) is 3.57. The lowest BCUT2D eigenvalue weighted by Crippen LogP contribution is -2.55. The third-order valence-electron chi connectivity index (χ3n) is 5.86. The average Bonchev–Trinajstić information content (AvgIpc) is 2.80. The Morgan fingerprint density at radius 1 is 1.18 bits per heavy atom. The first kappa shape index (κ1) is 24.9. The van der Waals surface area contributed by atoms with Gasteiger partial charge in [0.1, 0.15) is 12.1 Å². The lowest BCUT2D eigenvalue weighted by molar-refractivity contribution is -0.123. The highest BCUT2D eigenvalue weighted by molar-refractivity contribution is 5.95. The lowest BCUT2D eigenvalue weighted by atomic mass is 9.99. The van der Waals surface area contributed by atoms with Gasteiger partial charge in [0.25, 0.3) is 5.91 Å². The molecule has 0 radical (unpaired) electrons. The quantitative estimate of drug-likeness (QED) is 0.740. The maximum atomic E-state index is 12.5. The summed E-state index contributed by atoms with van der Waals surface area (Å²) in [5, 5.41) is 3.75. The van der Waals surface area contributed by atoms with Gasteiger partial charge in [-0.1, -0.05) is 12.1 Å². The van der Waals surface area contributed by atoms with Crippen molar-refractivity contribution in [2.45, 2.75) is 58.9 Å². The van der Waals surface area contributed by atoms with Crippen molar-refractivity contribution in [3.05, 3.63) is 33.7 Å². The summed E-state index contributed by atoms with van der Waals surface area (Å²) in [7, 11) is 0. The molecular weight excluding hydrogens is 435 g/mol. The molecule has 2 aliphatic heterocycles. The van der Waals surface area contributed by atoms with Crippen molar-refractivity contribution in [1.29, 1.82) is 0 Å². The maximum Gasteiger partial charge on any atom is 0.410 e. The zero-order chi connectivity index (χ0) is 24.6. The minimum Gasteiger partial charge on any atom is -0.444 e. The summed E-state index contributed by atoms with van der Waals surface area (Å²) in [5.41, 5.74) is 0.347. The molecule has 6 nitrogen and oxygen atoms in total. The molecule has 2 aliphatic rings. The van der Waals surface area contributed by atoms with E-state index in [1.807, 2.05) is 32.3 Å². The number of hydrogen-bond acceptors (Lipinski definition) is 4. The Bertz CT molecular complexity index is 1020. The molecule has 0 aliphatic carbocycles. The summed E-state index contributed by atoms with van der Waals surface area (Å²) in [6.07, 6.45) is 0.114. The van der Waals surface area contributed by atoms with Crippen LogP contribution in [0.25, 0.3) is 12.3 Å². The van der Waals surface area contributed by atoms with Crippen molar-refractivity contribution in [1.82, 2.24) is 15.1 Å². The molecule has 3 rings (SSSR count). The molecule has 1 unspecified atom stereocenters. The average molecular weight is 468 g/mol. The SMILES string of the molecule is Cc1c(C(=O)NCC(F)(F)F)ccc2c1=CN(CC1CN(C(=O)OC(C)(C)C)C1)C(C)CC=2. The molecule has 0 spiro atoms. The van der Waals surface area contributed by atoms with Crippen LogP contribution in [-0.4, -0.2) is 65.8 Å². The summed E-state index contributed by atoms with van der Waals surface area (Å²) < 4.78 is 42.9. The largest absolute Gasteiger partial charge is 0.444 e. The number of nitrogens with zero attached hydrogens (tertiary/aromatic N) is 2. The first-order chi connectivity index (χ1) is 15.2. The fourth-order valence-electron chi connectivity index (χ4n) is 4.04. The van der Waals surface area contributed by atoms with Gasteiger partial charge < -0.3 is 19.9 Å². The van der Waals surface area contributed by atoms with Gasteiger partial charge in [-0.3, -0.25) is 4.79 Å². The fourth-order valence-corrected chi connectivity index (χ4v) is 4.04. The van der Waals surface area contributed by atoms with Gasteiger partial charge in [-0.15, -0.1) is 0 Å². The number of alkyl halides is 3. The number of fused-ring (bicyclic) bond motifs is 1. The molecule has 0 aromatic heterocycles. The van der Waals surface area contributed by atoms with Gasteiger partial charge in [-0.25, -0.2) is 4.79 Å². The zero-order valence-corrected chi connectivity index (χ0v) is 19.8. The molecule has 0 saturated carbocycles. The third kappa shape index (κ3) is 6.42. The van der Waals surface area contributed by atoms with Crippen LogP contribution in [0.2, 0.25) is 0 Å². The van der Waals surface area contributed by atoms with E-state index >= 15 is 0 Å². The molecule has 182 valence electrons. The number of carbonyl (C=O) groups is 2. The predicted octanol–water partition coefficient (Wildman–Crippen LogP) is 2.77. The van der Waals surface area contributed by atoms with Gasteiger partial charge in [0.2, 0.25) is 0 Å². The number of amides is 2. The zero-order valence-electron chi connectivity index (χ0n) is 19.8. The van der Waals surface area contributed by atoms with Crippen LogP contribution in [0, 0.1) is 12.8 Å². The molecular formula is C24H32F3N3O3. The molecule has 2 amide bonds. The maximum absolute atomic E-state index is 12.5. The van der Waals surface area contributed by atoms with Gasteiger partial charge in [0, 0.05) is 48.6 Å².